The molecule has 0 radical (unpaired) electrons. The van der Waals surface area contributed by atoms with Crippen LogP contribution in [0.25, 0.3) is 0 Å². The van der Waals surface area contributed by atoms with E-state index in [1.807, 2.05) is 6.08 Å². The first kappa shape index (κ1) is 85.2. The first-order valence-electron chi connectivity index (χ1n) is 39.4. The van der Waals surface area contributed by atoms with Crippen molar-refractivity contribution in [1.82, 2.24) is 5.32 Å². The molecule has 0 aliphatic carbocycles. The van der Waals surface area contributed by atoms with Crippen LogP contribution in [-0.2, 0) is 14.3 Å². The van der Waals surface area contributed by atoms with E-state index in [1.165, 1.54) is 334 Å². The van der Waals surface area contributed by atoms with Gasteiger partial charge in [-0.1, -0.05) is 371 Å². The minimum atomic E-state index is -1.58. The Morgan fingerprint density at radius 1 is 0.371 bits per heavy atom. The van der Waals surface area contributed by atoms with Crippen molar-refractivity contribution in [3.8, 4) is 0 Å². The zero-order valence-corrected chi connectivity index (χ0v) is 59.0. The van der Waals surface area contributed by atoms with Crippen LogP contribution < -0.4 is 5.32 Å². The van der Waals surface area contributed by atoms with Gasteiger partial charge < -0.3 is 40.3 Å². The number of ether oxygens (including phenoxy) is 2. The van der Waals surface area contributed by atoms with Gasteiger partial charge in [0.2, 0.25) is 5.91 Å². The fourth-order valence-electron chi connectivity index (χ4n) is 12.7. The number of unbranched alkanes of at least 4 members (excludes halogenated alkanes) is 54. The number of nitrogens with one attached hydrogen (secondary N) is 1. The lowest BCUT2D eigenvalue weighted by Gasteiger charge is -2.40. The zero-order valence-electron chi connectivity index (χ0n) is 59.0. The van der Waals surface area contributed by atoms with E-state index in [0.717, 1.165) is 44.9 Å². The summed E-state index contributed by atoms with van der Waals surface area (Å²) in [6.07, 6.45) is 88.4. The maximum atomic E-state index is 13.2. The van der Waals surface area contributed by atoms with Gasteiger partial charge in [-0.2, -0.15) is 0 Å². The fraction of sp³-hybridized carbons (Fsp3) is 0.887. The lowest BCUT2D eigenvalue weighted by Crippen LogP contribution is -2.60. The molecule has 0 bridgehead atoms. The maximum absolute atomic E-state index is 13.2. The Bertz CT molecular complexity index is 1550. The molecule has 1 aliphatic heterocycles. The van der Waals surface area contributed by atoms with Crippen molar-refractivity contribution in [2.24, 2.45) is 0 Å². The standard InChI is InChI=1S/C80H151NO8/c1-3-5-7-9-11-13-15-17-19-21-23-25-27-29-31-33-35-36-37-38-40-42-44-46-48-50-52-54-56-58-60-62-64-66-68-70-76(84)81-73(72-88-80-79(87)78(86)77(85)75(71-82)89-80)74(83)69-67-65-63-61-59-57-55-53-51-49-47-45-43-41-39-34-32-30-28-26-24-22-20-18-16-14-12-10-8-6-4-2/h21,23,51,53,59,61,67,69,73-75,77-80,82-83,85-87H,3-20,22,24-50,52,54-58,60,62-66,68,70-72H2,1-2H3,(H,81,84)/b23-21-,53-51+,61-59+,69-67+. The number of amides is 1. The molecule has 1 heterocycles. The van der Waals surface area contributed by atoms with Gasteiger partial charge in [0.05, 0.1) is 25.4 Å². The van der Waals surface area contributed by atoms with Crippen LogP contribution in [0, 0.1) is 0 Å². The van der Waals surface area contributed by atoms with E-state index in [4.69, 9.17) is 9.47 Å². The molecule has 89 heavy (non-hydrogen) atoms. The van der Waals surface area contributed by atoms with E-state index in [2.05, 4.69) is 55.6 Å². The van der Waals surface area contributed by atoms with Crippen molar-refractivity contribution in [2.45, 2.75) is 442 Å². The first-order chi connectivity index (χ1) is 43.8. The summed E-state index contributed by atoms with van der Waals surface area (Å²) in [4.78, 5) is 13.2. The number of aliphatic hydroxyl groups excluding tert-OH is 5. The van der Waals surface area contributed by atoms with Crippen LogP contribution in [0.5, 0.6) is 0 Å². The second-order valence-electron chi connectivity index (χ2n) is 27.5. The van der Waals surface area contributed by atoms with Crippen LogP contribution in [0.15, 0.2) is 48.6 Å². The fourth-order valence-corrected chi connectivity index (χ4v) is 12.7. The SMILES string of the molecule is CCCCCCCCCC/C=C\CCCCCCCCCCCCCCCCCCCCCCCCCC(=O)NC(COC1OC(CO)C(O)C(O)C1O)C(O)/C=C/CC/C=C/CC/C=C/CCCCCCCCCCCCCCCCCCCCCCC. The number of rotatable bonds is 70. The lowest BCUT2D eigenvalue weighted by atomic mass is 9.99. The Balaban J connectivity index is 2.10. The third kappa shape index (κ3) is 57.3. The molecule has 0 aromatic carbocycles. The van der Waals surface area contributed by atoms with Gasteiger partial charge in [0.25, 0.3) is 0 Å². The van der Waals surface area contributed by atoms with Gasteiger partial charge in [-0.15, -0.1) is 0 Å². The Morgan fingerprint density at radius 2 is 0.640 bits per heavy atom. The molecular weight excluding hydrogens is 1100 g/mol. The summed E-state index contributed by atoms with van der Waals surface area (Å²) in [5.74, 6) is -0.183. The van der Waals surface area contributed by atoms with Gasteiger partial charge in [-0.25, -0.2) is 0 Å². The molecule has 1 fully saturated rings. The van der Waals surface area contributed by atoms with Gasteiger partial charge in [0, 0.05) is 6.42 Å². The largest absolute Gasteiger partial charge is 0.394 e. The number of allylic oxidation sites excluding steroid dienone is 7. The quantitative estimate of drug-likeness (QED) is 0.0261. The Morgan fingerprint density at radius 3 is 0.944 bits per heavy atom. The number of hydrogen-bond acceptors (Lipinski definition) is 8. The van der Waals surface area contributed by atoms with Gasteiger partial charge in [-0.3, -0.25) is 4.79 Å². The number of carbonyl (C=O) groups excluding carboxylic acids is 1. The van der Waals surface area contributed by atoms with Crippen LogP contribution in [0.2, 0.25) is 0 Å². The van der Waals surface area contributed by atoms with Crippen molar-refractivity contribution in [1.29, 1.82) is 0 Å². The summed E-state index contributed by atoms with van der Waals surface area (Å²) >= 11 is 0. The molecule has 1 rings (SSSR count). The normalized spacial score (nSPS) is 18.0. The highest BCUT2D eigenvalue weighted by Gasteiger charge is 2.44. The van der Waals surface area contributed by atoms with Crippen molar-refractivity contribution < 1.29 is 39.8 Å². The second kappa shape index (κ2) is 69.0. The third-order valence-electron chi connectivity index (χ3n) is 18.9. The Kier molecular flexibility index (Phi) is 66.0. The van der Waals surface area contributed by atoms with E-state index in [9.17, 15) is 30.3 Å². The van der Waals surface area contributed by atoms with Crippen molar-refractivity contribution in [2.75, 3.05) is 13.2 Å². The first-order valence-corrected chi connectivity index (χ1v) is 39.4. The number of carbonyl (C=O) groups is 1. The smallest absolute Gasteiger partial charge is 0.220 e. The molecule has 0 spiro atoms. The second-order valence-corrected chi connectivity index (χ2v) is 27.5. The van der Waals surface area contributed by atoms with Crippen molar-refractivity contribution >= 4 is 5.91 Å². The minimum Gasteiger partial charge on any atom is -0.394 e. The highest BCUT2D eigenvalue weighted by molar-refractivity contribution is 5.76. The summed E-state index contributed by atoms with van der Waals surface area (Å²) in [7, 11) is 0. The van der Waals surface area contributed by atoms with Crippen LogP contribution in [-0.4, -0.2) is 87.5 Å². The molecule has 1 amide bonds. The van der Waals surface area contributed by atoms with E-state index >= 15 is 0 Å². The van der Waals surface area contributed by atoms with Crippen LogP contribution in [0.3, 0.4) is 0 Å². The summed E-state index contributed by atoms with van der Waals surface area (Å²) < 4.78 is 11.3. The molecule has 0 saturated carbocycles. The van der Waals surface area contributed by atoms with Gasteiger partial charge >= 0.3 is 0 Å². The highest BCUT2D eigenvalue weighted by Crippen LogP contribution is 2.24. The average Bonchev–Trinajstić information content (AvgIpc) is 2.28. The molecule has 0 aromatic rings. The van der Waals surface area contributed by atoms with E-state index in [1.54, 1.807) is 6.08 Å². The van der Waals surface area contributed by atoms with Gasteiger partial charge in [0.1, 0.15) is 24.4 Å². The molecular formula is C80H151NO8. The number of aliphatic hydroxyl groups is 5. The predicted octanol–water partition coefficient (Wildman–Crippen LogP) is 22.3. The summed E-state index contributed by atoms with van der Waals surface area (Å²) in [6, 6.07) is -0.830. The molecule has 7 unspecified atom stereocenters. The molecule has 9 nitrogen and oxygen atoms in total. The van der Waals surface area contributed by atoms with E-state index in [0.29, 0.717) is 6.42 Å². The van der Waals surface area contributed by atoms with Crippen LogP contribution in [0.1, 0.15) is 399 Å². The Labute approximate surface area is 552 Å². The molecule has 1 saturated heterocycles. The van der Waals surface area contributed by atoms with E-state index < -0.39 is 49.5 Å². The minimum absolute atomic E-state index is 0.183. The molecule has 9 heteroatoms. The van der Waals surface area contributed by atoms with Gasteiger partial charge in [0.15, 0.2) is 6.29 Å². The molecule has 1 aliphatic rings. The highest BCUT2D eigenvalue weighted by atomic mass is 16.7. The topological polar surface area (TPSA) is 149 Å². The monoisotopic (exact) mass is 1250 g/mol. The van der Waals surface area contributed by atoms with Crippen LogP contribution in [0.4, 0.5) is 0 Å². The Hall–Kier alpha value is -1.85. The van der Waals surface area contributed by atoms with Crippen molar-refractivity contribution in [3.63, 3.8) is 0 Å². The van der Waals surface area contributed by atoms with Crippen molar-refractivity contribution in [3.05, 3.63) is 48.6 Å². The maximum Gasteiger partial charge on any atom is 0.220 e. The molecule has 0 aromatic heterocycles. The van der Waals surface area contributed by atoms with Crippen LogP contribution >= 0.6 is 0 Å². The molecule has 524 valence electrons. The average molecular weight is 1260 g/mol. The zero-order chi connectivity index (χ0) is 64.2. The molecule has 6 N–H and O–H groups in total. The molecule has 7 atom stereocenters. The van der Waals surface area contributed by atoms with E-state index in [-0.39, 0.29) is 12.5 Å². The summed E-state index contributed by atoms with van der Waals surface area (Å²) in [5, 5.41) is 54.8. The van der Waals surface area contributed by atoms with Gasteiger partial charge in [-0.05, 0) is 70.6 Å². The predicted molar refractivity (Wildman–Crippen MR) is 383 cm³/mol. The third-order valence-corrected chi connectivity index (χ3v) is 18.9. The number of hydrogen-bond donors (Lipinski definition) is 6. The summed E-state index contributed by atoms with van der Waals surface area (Å²) in [6.45, 7) is 3.82. The lowest BCUT2D eigenvalue weighted by molar-refractivity contribution is -0.302. The summed E-state index contributed by atoms with van der Waals surface area (Å²) in [5.41, 5.74) is 0.